The van der Waals surface area contributed by atoms with E-state index in [-0.39, 0.29) is 23.8 Å². The minimum atomic E-state index is -1.10. The van der Waals surface area contributed by atoms with Crippen molar-refractivity contribution in [3.05, 3.63) is 82.4 Å². The number of ether oxygens (including phenoxy) is 6. The molecule has 1 amide bonds. The molecule has 11 nitrogen and oxygen atoms in total. The fraction of sp³-hybridized carbons (Fsp3) is 0.312. The number of hydrogen-bond donors (Lipinski definition) is 1. The van der Waals surface area contributed by atoms with Gasteiger partial charge in [0.1, 0.15) is 29.9 Å². The second-order valence-electron chi connectivity index (χ2n) is 9.51. The van der Waals surface area contributed by atoms with E-state index >= 15 is 0 Å². The van der Waals surface area contributed by atoms with E-state index in [4.69, 9.17) is 28.4 Å². The highest BCUT2D eigenvalue weighted by atomic mass is 16.6. The molecule has 0 bridgehead atoms. The van der Waals surface area contributed by atoms with Gasteiger partial charge in [-0.1, -0.05) is 12.1 Å². The van der Waals surface area contributed by atoms with Crippen molar-refractivity contribution in [1.82, 2.24) is 10.3 Å². The number of carbonyl (C=O) groups is 3. The molecular weight excluding hydrogens is 556 g/mol. The molecule has 0 fully saturated rings. The number of nitrogens with one attached hydrogen (secondary N) is 1. The fourth-order valence-corrected chi connectivity index (χ4v) is 4.37. The Hall–Kier alpha value is -4.90. The lowest BCUT2D eigenvalue weighted by molar-refractivity contribution is -0.141. The van der Waals surface area contributed by atoms with Crippen LogP contribution < -0.4 is 24.3 Å². The molecule has 228 valence electrons. The summed E-state index contributed by atoms with van der Waals surface area (Å²) < 4.78 is 31.9. The smallest absolute Gasteiger partial charge is 0.337 e. The zero-order valence-electron chi connectivity index (χ0n) is 25.5. The molecule has 11 heteroatoms. The number of rotatable bonds is 12. The lowest BCUT2D eigenvalue weighted by atomic mass is 9.94. The van der Waals surface area contributed by atoms with Crippen molar-refractivity contribution in [2.75, 3.05) is 35.0 Å². The molecular formula is C32H36N2O9. The summed E-state index contributed by atoms with van der Waals surface area (Å²) in [6.07, 6.45) is 1.32. The summed E-state index contributed by atoms with van der Waals surface area (Å²) in [5, 5.41) is 2.56. The van der Waals surface area contributed by atoms with Crippen molar-refractivity contribution in [2.24, 2.45) is 0 Å². The maximum absolute atomic E-state index is 13.2. The Labute approximate surface area is 250 Å². The quantitative estimate of drug-likeness (QED) is 0.238. The minimum Gasteiger partial charge on any atom is -0.496 e. The average Bonchev–Trinajstić information content (AvgIpc) is 2.97. The first-order valence-electron chi connectivity index (χ1n) is 13.3. The molecule has 3 rings (SSSR count). The molecule has 0 unspecified atom stereocenters. The Balaban J connectivity index is 1.93. The van der Waals surface area contributed by atoms with Crippen LogP contribution in [0.3, 0.4) is 0 Å². The molecule has 1 atom stereocenters. The number of pyridine rings is 1. The number of carbonyl (C=O) groups excluding carboxylic acids is 3. The number of methoxy groups -OCH3 is 4. The Kier molecular flexibility index (Phi) is 11.2. The summed E-state index contributed by atoms with van der Waals surface area (Å²) in [5.74, 6) is -0.598. The molecule has 43 heavy (non-hydrogen) atoms. The first kappa shape index (κ1) is 32.6. The molecule has 0 spiro atoms. The standard InChI is InChI=1S/C32H36N2O9/c1-18-15-22(9-11-24(18)39-6)28(23-10-12-25(40-7)19(2)16-23)21(4)42-32(37)20(3)34-31(36)29-30(43-27(35)17-38-5)26(41-8)13-14-33-29/h9-16,20H,17H2,1-8H3,(H,34,36)/t20-/m0/s1. The number of esters is 2. The molecule has 1 aromatic heterocycles. The number of allylic oxidation sites excluding steroid dienone is 1. The molecule has 0 aliphatic rings. The molecule has 1 heterocycles. The maximum Gasteiger partial charge on any atom is 0.337 e. The van der Waals surface area contributed by atoms with Gasteiger partial charge in [-0.05, 0) is 74.2 Å². The SMILES string of the molecule is COCC(=O)Oc1c(OC)ccnc1C(=O)N[C@@H](C)C(=O)OC(C)=C(c1ccc(OC)c(C)c1)c1ccc(OC)c(C)c1. The summed E-state index contributed by atoms with van der Waals surface area (Å²) in [5.41, 5.74) is 3.82. The molecule has 3 aromatic rings. The fourth-order valence-electron chi connectivity index (χ4n) is 4.37. The number of aryl methyl sites for hydroxylation is 2. The predicted molar refractivity (Wildman–Crippen MR) is 158 cm³/mol. The molecule has 0 aliphatic carbocycles. The van der Waals surface area contributed by atoms with Crippen molar-refractivity contribution in [3.63, 3.8) is 0 Å². The Bertz CT molecular complexity index is 1480. The van der Waals surface area contributed by atoms with Gasteiger partial charge in [-0.3, -0.25) is 4.79 Å². The van der Waals surface area contributed by atoms with Gasteiger partial charge in [0.05, 0.1) is 21.3 Å². The van der Waals surface area contributed by atoms with Gasteiger partial charge in [0.2, 0.25) is 5.75 Å². The van der Waals surface area contributed by atoms with E-state index in [0.29, 0.717) is 11.3 Å². The predicted octanol–water partition coefficient (Wildman–Crippen LogP) is 4.42. The summed E-state index contributed by atoms with van der Waals surface area (Å²) >= 11 is 0. The van der Waals surface area contributed by atoms with Gasteiger partial charge >= 0.3 is 11.9 Å². The zero-order chi connectivity index (χ0) is 31.7. The highest BCUT2D eigenvalue weighted by molar-refractivity contribution is 5.99. The molecule has 0 radical (unpaired) electrons. The van der Waals surface area contributed by atoms with Crippen molar-refractivity contribution in [3.8, 4) is 23.0 Å². The minimum absolute atomic E-state index is 0.104. The zero-order valence-corrected chi connectivity index (χ0v) is 25.5. The second kappa shape index (κ2) is 14.8. The highest BCUT2D eigenvalue weighted by Crippen LogP contribution is 2.33. The van der Waals surface area contributed by atoms with Crippen LogP contribution in [-0.2, 0) is 19.1 Å². The van der Waals surface area contributed by atoms with Gasteiger partial charge in [0.25, 0.3) is 5.91 Å². The first-order chi connectivity index (χ1) is 20.5. The van der Waals surface area contributed by atoms with Crippen molar-refractivity contribution in [2.45, 2.75) is 33.7 Å². The van der Waals surface area contributed by atoms with Crippen molar-refractivity contribution in [1.29, 1.82) is 0 Å². The lowest BCUT2D eigenvalue weighted by Gasteiger charge is -2.19. The van der Waals surface area contributed by atoms with E-state index in [0.717, 1.165) is 33.8 Å². The number of hydrogen-bond acceptors (Lipinski definition) is 10. The van der Waals surface area contributed by atoms with Gasteiger partial charge in [-0.15, -0.1) is 0 Å². The van der Waals surface area contributed by atoms with Crippen LogP contribution in [0.4, 0.5) is 0 Å². The van der Waals surface area contributed by atoms with E-state index in [9.17, 15) is 14.4 Å². The van der Waals surface area contributed by atoms with Gasteiger partial charge in [0, 0.05) is 24.9 Å². The molecule has 0 saturated heterocycles. The van der Waals surface area contributed by atoms with Crippen LogP contribution in [0.1, 0.15) is 46.6 Å². The van der Waals surface area contributed by atoms with Crippen molar-refractivity contribution >= 4 is 23.4 Å². The number of nitrogens with zero attached hydrogens (tertiary/aromatic N) is 1. The number of benzene rings is 2. The van der Waals surface area contributed by atoms with Crippen LogP contribution in [-0.4, -0.2) is 63.9 Å². The third-order valence-corrected chi connectivity index (χ3v) is 6.46. The van der Waals surface area contributed by atoms with Crippen LogP contribution in [0.5, 0.6) is 23.0 Å². The maximum atomic E-state index is 13.2. The number of amides is 1. The molecule has 2 aromatic carbocycles. The third kappa shape index (κ3) is 7.89. The topological polar surface area (TPSA) is 132 Å². The molecule has 0 aliphatic heterocycles. The van der Waals surface area contributed by atoms with Crippen LogP contribution in [0.15, 0.2) is 54.4 Å². The van der Waals surface area contributed by atoms with Gasteiger partial charge in [-0.25, -0.2) is 14.6 Å². The summed E-state index contributed by atoms with van der Waals surface area (Å²) in [6.45, 7) is 6.64. The Morgan fingerprint density at radius 1 is 0.837 bits per heavy atom. The number of aromatic nitrogens is 1. The molecule has 1 N–H and O–H groups in total. The van der Waals surface area contributed by atoms with E-state index in [1.807, 2.05) is 50.2 Å². The largest absolute Gasteiger partial charge is 0.496 e. The third-order valence-electron chi connectivity index (χ3n) is 6.46. The van der Waals surface area contributed by atoms with E-state index in [1.165, 1.54) is 33.4 Å². The first-order valence-corrected chi connectivity index (χ1v) is 13.3. The van der Waals surface area contributed by atoms with Crippen LogP contribution in [0.2, 0.25) is 0 Å². The lowest BCUT2D eigenvalue weighted by Crippen LogP contribution is -2.40. The molecule has 0 saturated carbocycles. The second-order valence-corrected chi connectivity index (χ2v) is 9.51. The summed E-state index contributed by atoms with van der Waals surface area (Å²) in [6, 6.07) is 11.7. The van der Waals surface area contributed by atoms with E-state index in [1.54, 1.807) is 21.1 Å². The van der Waals surface area contributed by atoms with E-state index in [2.05, 4.69) is 10.3 Å². The highest BCUT2D eigenvalue weighted by Gasteiger charge is 2.26. The Morgan fingerprint density at radius 2 is 1.40 bits per heavy atom. The normalized spacial score (nSPS) is 11.2. The monoisotopic (exact) mass is 592 g/mol. The van der Waals surface area contributed by atoms with Crippen LogP contribution in [0, 0.1) is 13.8 Å². The average molecular weight is 593 g/mol. The van der Waals surface area contributed by atoms with Crippen LogP contribution >= 0.6 is 0 Å². The van der Waals surface area contributed by atoms with Gasteiger partial charge in [-0.2, -0.15) is 0 Å². The summed E-state index contributed by atoms with van der Waals surface area (Å²) in [7, 11) is 5.88. The van der Waals surface area contributed by atoms with Gasteiger partial charge < -0.3 is 33.7 Å². The van der Waals surface area contributed by atoms with Crippen LogP contribution in [0.25, 0.3) is 5.57 Å². The van der Waals surface area contributed by atoms with Crippen molar-refractivity contribution < 1.29 is 42.8 Å². The summed E-state index contributed by atoms with van der Waals surface area (Å²) in [4.78, 5) is 42.5. The van der Waals surface area contributed by atoms with Gasteiger partial charge in [0.15, 0.2) is 11.4 Å². The van der Waals surface area contributed by atoms with E-state index < -0.39 is 23.9 Å². The Morgan fingerprint density at radius 3 is 1.88 bits per heavy atom.